The fourth-order valence-corrected chi connectivity index (χ4v) is 1.80. The smallest absolute Gasteiger partial charge is 0.135 e. The highest BCUT2D eigenvalue weighted by Gasteiger charge is 2.07. The third kappa shape index (κ3) is 3.39. The summed E-state index contributed by atoms with van der Waals surface area (Å²) in [6.45, 7) is 0.685. The number of nitrogens with one attached hydrogen (secondary N) is 1. The average Bonchev–Trinajstić information content (AvgIpc) is 2.49. The second-order valence-corrected chi connectivity index (χ2v) is 4.16. The summed E-state index contributed by atoms with van der Waals surface area (Å²) >= 11 is 0. The van der Waals surface area contributed by atoms with Crippen LogP contribution in [0.1, 0.15) is 5.56 Å². The van der Waals surface area contributed by atoms with Crippen molar-refractivity contribution < 1.29 is 14.2 Å². The van der Waals surface area contributed by atoms with E-state index in [1.54, 1.807) is 32.7 Å². The molecule has 2 aromatic rings. The van der Waals surface area contributed by atoms with E-state index in [4.69, 9.17) is 14.2 Å². The Morgan fingerprint density at radius 3 is 2.30 bits per heavy atom. The molecule has 1 aromatic heterocycles. The highest BCUT2D eigenvalue weighted by molar-refractivity contribution is 5.44. The molecule has 0 saturated carbocycles. The van der Waals surface area contributed by atoms with Crippen LogP contribution in [0.2, 0.25) is 0 Å². The van der Waals surface area contributed by atoms with Crippen LogP contribution in [0.4, 0.5) is 0 Å². The predicted octanol–water partition coefficient (Wildman–Crippen LogP) is 2.61. The third-order valence-electron chi connectivity index (χ3n) is 2.78. The van der Waals surface area contributed by atoms with Crippen LogP contribution in [0.15, 0.2) is 36.7 Å². The highest BCUT2D eigenvalue weighted by atomic mass is 16.5. The van der Waals surface area contributed by atoms with Gasteiger partial charge < -0.3 is 19.5 Å². The van der Waals surface area contributed by atoms with Crippen molar-refractivity contribution in [2.75, 3.05) is 21.3 Å². The van der Waals surface area contributed by atoms with Crippen molar-refractivity contribution in [1.29, 1.82) is 0 Å². The minimum Gasteiger partial charge on any atom is -0.496 e. The Kier molecular flexibility index (Phi) is 4.79. The van der Waals surface area contributed by atoms with Crippen LogP contribution in [-0.4, -0.2) is 26.3 Å². The molecule has 2 rings (SSSR count). The number of pyridine rings is 1. The highest BCUT2D eigenvalue weighted by Crippen LogP contribution is 2.31. The molecule has 0 radical (unpaired) electrons. The Bertz CT molecular complexity index is 551. The van der Waals surface area contributed by atoms with Crippen molar-refractivity contribution in [1.82, 2.24) is 10.3 Å². The summed E-state index contributed by atoms with van der Waals surface area (Å²) < 4.78 is 16.4. The van der Waals surface area contributed by atoms with Crippen LogP contribution < -0.4 is 19.5 Å². The van der Waals surface area contributed by atoms with E-state index in [0.717, 1.165) is 11.3 Å². The molecule has 0 aliphatic heterocycles. The van der Waals surface area contributed by atoms with Gasteiger partial charge in [-0.1, -0.05) is 0 Å². The van der Waals surface area contributed by atoms with Crippen molar-refractivity contribution in [3.63, 3.8) is 0 Å². The molecule has 0 unspecified atom stereocenters. The molecular formula is C15H18N2O3. The Labute approximate surface area is 118 Å². The zero-order valence-corrected chi connectivity index (χ0v) is 11.8. The fraction of sp³-hybridized carbons (Fsp3) is 0.267. The lowest BCUT2D eigenvalue weighted by atomic mass is 10.2. The SMILES string of the molecule is CNCc1cnccc1Oc1cc(OC)cc(OC)c1. The van der Waals surface area contributed by atoms with E-state index in [-0.39, 0.29) is 0 Å². The largest absolute Gasteiger partial charge is 0.496 e. The Morgan fingerprint density at radius 1 is 1.05 bits per heavy atom. The molecule has 0 aliphatic carbocycles. The molecule has 1 aromatic carbocycles. The molecule has 0 bridgehead atoms. The number of ether oxygens (including phenoxy) is 3. The van der Waals surface area contributed by atoms with Gasteiger partial charge in [-0.3, -0.25) is 4.98 Å². The molecular weight excluding hydrogens is 256 g/mol. The topological polar surface area (TPSA) is 52.6 Å². The Hall–Kier alpha value is -2.27. The number of benzene rings is 1. The van der Waals surface area contributed by atoms with E-state index < -0.39 is 0 Å². The first kappa shape index (κ1) is 14.1. The van der Waals surface area contributed by atoms with E-state index in [9.17, 15) is 0 Å². The van der Waals surface area contributed by atoms with Crippen LogP contribution in [0.3, 0.4) is 0 Å². The van der Waals surface area contributed by atoms with Gasteiger partial charge >= 0.3 is 0 Å². The molecule has 0 aliphatic rings. The number of aromatic nitrogens is 1. The van der Waals surface area contributed by atoms with Gasteiger partial charge in [-0.15, -0.1) is 0 Å². The zero-order chi connectivity index (χ0) is 14.4. The lowest BCUT2D eigenvalue weighted by molar-refractivity contribution is 0.386. The first-order valence-corrected chi connectivity index (χ1v) is 6.25. The monoisotopic (exact) mass is 274 g/mol. The quantitative estimate of drug-likeness (QED) is 0.877. The van der Waals surface area contributed by atoms with Crippen LogP contribution in [-0.2, 0) is 6.54 Å². The number of methoxy groups -OCH3 is 2. The number of hydrogen-bond acceptors (Lipinski definition) is 5. The van der Waals surface area contributed by atoms with Crippen molar-refractivity contribution >= 4 is 0 Å². The minimum absolute atomic E-state index is 0.657. The van der Waals surface area contributed by atoms with Gasteiger partial charge in [0, 0.05) is 42.7 Å². The standard InChI is InChI=1S/C15H18N2O3/c1-16-9-11-10-17-5-4-15(11)20-14-7-12(18-2)6-13(8-14)19-3/h4-8,10,16H,9H2,1-3H3. The van der Waals surface area contributed by atoms with Gasteiger partial charge in [0.1, 0.15) is 23.0 Å². The average molecular weight is 274 g/mol. The van der Waals surface area contributed by atoms with Crippen LogP contribution in [0, 0.1) is 0 Å². The first-order chi connectivity index (χ1) is 9.76. The molecule has 5 nitrogen and oxygen atoms in total. The Balaban J connectivity index is 2.29. The maximum atomic E-state index is 5.91. The molecule has 5 heteroatoms. The predicted molar refractivity (Wildman–Crippen MR) is 76.6 cm³/mol. The van der Waals surface area contributed by atoms with Crippen LogP contribution in [0.5, 0.6) is 23.0 Å². The van der Waals surface area contributed by atoms with Crippen molar-refractivity contribution in [3.8, 4) is 23.0 Å². The Morgan fingerprint density at radius 2 is 1.70 bits per heavy atom. The summed E-state index contributed by atoms with van der Waals surface area (Å²) in [6.07, 6.45) is 3.48. The molecule has 0 atom stereocenters. The maximum Gasteiger partial charge on any atom is 0.135 e. The second kappa shape index (κ2) is 6.77. The van der Waals surface area contributed by atoms with Gasteiger partial charge in [0.05, 0.1) is 14.2 Å². The summed E-state index contributed by atoms with van der Waals surface area (Å²) in [4.78, 5) is 4.10. The number of hydrogen-bond donors (Lipinski definition) is 1. The minimum atomic E-state index is 0.657. The van der Waals surface area contributed by atoms with Gasteiger partial charge in [-0.2, -0.15) is 0 Å². The van der Waals surface area contributed by atoms with E-state index in [0.29, 0.717) is 23.8 Å². The molecule has 0 spiro atoms. The lowest BCUT2D eigenvalue weighted by Gasteiger charge is -2.12. The molecule has 106 valence electrons. The summed E-state index contributed by atoms with van der Waals surface area (Å²) in [6, 6.07) is 7.25. The van der Waals surface area contributed by atoms with Gasteiger partial charge in [0.2, 0.25) is 0 Å². The first-order valence-electron chi connectivity index (χ1n) is 6.25. The summed E-state index contributed by atoms with van der Waals surface area (Å²) in [5, 5.41) is 3.09. The number of nitrogens with zero attached hydrogens (tertiary/aromatic N) is 1. The second-order valence-electron chi connectivity index (χ2n) is 4.16. The van der Waals surface area contributed by atoms with Crippen LogP contribution in [0.25, 0.3) is 0 Å². The maximum absolute atomic E-state index is 5.91. The molecule has 0 saturated heterocycles. The van der Waals surface area contributed by atoms with Gasteiger partial charge in [-0.25, -0.2) is 0 Å². The van der Waals surface area contributed by atoms with Crippen LogP contribution >= 0.6 is 0 Å². The molecule has 1 heterocycles. The van der Waals surface area contributed by atoms with Gasteiger partial charge in [0.15, 0.2) is 0 Å². The van der Waals surface area contributed by atoms with Gasteiger partial charge in [-0.05, 0) is 13.1 Å². The third-order valence-corrected chi connectivity index (χ3v) is 2.78. The molecule has 20 heavy (non-hydrogen) atoms. The van der Waals surface area contributed by atoms with E-state index in [2.05, 4.69) is 10.3 Å². The summed E-state index contributed by atoms with van der Waals surface area (Å²) in [5.74, 6) is 2.78. The van der Waals surface area contributed by atoms with Crippen molar-refractivity contribution in [2.24, 2.45) is 0 Å². The number of rotatable bonds is 6. The molecule has 1 N–H and O–H groups in total. The fourth-order valence-electron chi connectivity index (χ4n) is 1.80. The van der Waals surface area contributed by atoms with E-state index >= 15 is 0 Å². The summed E-state index contributed by atoms with van der Waals surface area (Å²) in [5.41, 5.74) is 0.983. The van der Waals surface area contributed by atoms with E-state index in [1.807, 2.05) is 25.2 Å². The lowest BCUT2D eigenvalue weighted by Crippen LogP contribution is -2.06. The zero-order valence-electron chi connectivity index (χ0n) is 11.8. The molecule has 0 amide bonds. The summed E-state index contributed by atoms with van der Waals surface area (Å²) in [7, 11) is 5.10. The van der Waals surface area contributed by atoms with E-state index in [1.165, 1.54) is 0 Å². The molecule has 0 fully saturated rings. The van der Waals surface area contributed by atoms with Crippen molar-refractivity contribution in [2.45, 2.75) is 6.54 Å². The van der Waals surface area contributed by atoms with Gasteiger partial charge in [0.25, 0.3) is 0 Å². The normalized spacial score (nSPS) is 10.2. The van der Waals surface area contributed by atoms with Crippen molar-refractivity contribution in [3.05, 3.63) is 42.2 Å².